The Morgan fingerprint density at radius 3 is 2.37 bits per heavy atom. The smallest absolute Gasteiger partial charge is 0.337 e. The number of thioether (sulfide) groups is 1. The van der Waals surface area contributed by atoms with Gasteiger partial charge in [-0.15, -0.1) is 23.1 Å². The number of carboxylic acid groups (broad SMARTS) is 1. The van der Waals surface area contributed by atoms with Crippen LogP contribution in [-0.4, -0.2) is 43.1 Å². The number of aliphatic carboxylic acids is 1. The Morgan fingerprint density at radius 2 is 1.78 bits per heavy atom. The van der Waals surface area contributed by atoms with Crippen molar-refractivity contribution in [2.24, 2.45) is 0 Å². The van der Waals surface area contributed by atoms with Crippen LogP contribution in [0.25, 0.3) is 11.6 Å². The molecule has 144 valence electrons. The summed E-state index contributed by atoms with van der Waals surface area (Å²) in [5.74, 6) is -1.08. The summed E-state index contributed by atoms with van der Waals surface area (Å²) in [4.78, 5) is 13.3. The number of thiophene rings is 1. The lowest BCUT2D eigenvalue weighted by Gasteiger charge is -2.25. The minimum Gasteiger partial charge on any atom is -0.478 e. The number of piperidine rings is 1. The Hall–Kier alpha value is -1.61. The fraction of sp³-hybridized carbons (Fsp3) is 0.316. The fourth-order valence-corrected chi connectivity index (χ4v) is 6.33. The third kappa shape index (κ3) is 4.63. The quantitative estimate of drug-likeness (QED) is 0.555. The second kappa shape index (κ2) is 8.60. The van der Waals surface area contributed by atoms with Crippen molar-refractivity contribution >= 4 is 50.7 Å². The predicted octanol–water partition coefficient (Wildman–Crippen LogP) is 4.27. The highest BCUT2D eigenvalue weighted by molar-refractivity contribution is 7.98. The molecule has 0 amide bonds. The van der Waals surface area contributed by atoms with Crippen molar-refractivity contribution in [2.75, 3.05) is 19.3 Å². The van der Waals surface area contributed by atoms with Gasteiger partial charge in [-0.25, -0.2) is 13.2 Å². The zero-order valence-corrected chi connectivity index (χ0v) is 17.4. The first-order valence-electron chi connectivity index (χ1n) is 8.61. The van der Waals surface area contributed by atoms with E-state index in [2.05, 4.69) is 0 Å². The van der Waals surface area contributed by atoms with E-state index in [1.54, 1.807) is 23.9 Å². The molecule has 1 aromatic carbocycles. The molecule has 3 rings (SSSR count). The summed E-state index contributed by atoms with van der Waals surface area (Å²) in [5, 5.41) is 9.62. The van der Waals surface area contributed by atoms with Crippen LogP contribution < -0.4 is 0 Å². The maximum Gasteiger partial charge on any atom is 0.337 e. The summed E-state index contributed by atoms with van der Waals surface area (Å²) < 4.78 is 27.3. The number of carboxylic acids is 1. The first kappa shape index (κ1) is 20.1. The van der Waals surface area contributed by atoms with Gasteiger partial charge in [0.1, 0.15) is 4.21 Å². The van der Waals surface area contributed by atoms with E-state index in [1.807, 2.05) is 30.5 Å². The van der Waals surface area contributed by atoms with E-state index >= 15 is 0 Å². The van der Waals surface area contributed by atoms with Crippen molar-refractivity contribution in [2.45, 2.75) is 28.4 Å². The van der Waals surface area contributed by atoms with Gasteiger partial charge in [-0.05, 0) is 55.0 Å². The normalized spacial score (nSPS) is 16.4. The first-order chi connectivity index (χ1) is 12.9. The van der Waals surface area contributed by atoms with Crippen molar-refractivity contribution in [1.82, 2.24) is 4.31 Å². The molecule has 2 heterocycles. The molecule has 1 N–H and O–H groups in total. The van der Waals surface area contributed by atoms with Crippen molar-refractivity contribution in [3.63, 3.8) is 0 Å². The largest absolute Gasteiger partial charge is 0.478 e. The Bertz CT molecular complexity index is 940. The summed E-state index contributed by atoms with van der Waals surface area (Å²) in [6.45, 7) is 1.05. The molecule has 8 heteroatoms. The molecule has 0 bridgehead atoms. The van der Waals surface area contributed by atoms with Crippen LogP contribution in [0.5, 0.6) is 0 Å². The third-order valence-electron chi connectivity index (χ3n) is 4.41. The second-order valence-electron chi connectivity index (χ2n) is 6.22. The van der Waals surface area contributed by atoms with Crippen molar-refractivity contribution < 1.29 is 18.3 Å². The Balaban J connectivity index is 1.91. The van der Waals surface area contributed by atoms with Crippen molar-refractivity contribution in [3.05, 3.63) is 46.8 Å². The molecule has 0 radical (unpaired) electrons. The molecule has 27 heavy (non-hydrogen) atoms. The van der Waals surface area contributed by atoms with E-state index in [9.17, 15) is 18.3 Å². The lowest BCUT2D eigenvalue weighted by atomic mass is 10.1. The minimum atomic E-state index is -3.55. The van der Waals surface area contributed by atoms with Crippen LogP contribution in [0.2, 0.25) is 0 Å². The van der Waals surface area contributed by atoms with E-state index in [-0.39, 0.29) is 9.78 Å². The summed E-state index contributed by atoms with van der Waals surface area (Å²) >= 11 is 2.63. The molecule has 5 nitrogen and oxygen atoms in total. The minimum absolute atomic E-state index is 0.0944. The molecule has 0 saturated carbocycles. The summed E-state index contributed by atoms with van der Waals surface area (Å²) in [5.41, 5.74) is 0.857. The lowest BCUT2D eigenvalue weighted by Crippen LogP contribution is -2.35. The van der Waals surface area contributed by atoms with Gasteiger partial charge < -0.3 is 5.11 Å². The fourth-order valence-electron chi connectivity index (χ4n) is 2.94. The highest BCUT2D eigenvalue weighted by Gasteiger charge is 2.28. The van der Waals surface area contributed by atoms with Crippen LogP contribution in [0.15, 0.2) is 45.5 Å². The second-order valence-corrected chi connectivity index (χ2v) is 10.3. The van der Waals surface area contributed by atoms with E-state index in [0.29, 0.717) is 18.0 Å². The molecule has 0 spiro atoms. The molecule has 0 aliphatic carbocycles. The monoisotopic (exact) mass is 423 g/mol. The molecular formula is C19H21NO4S3. The first-order valence-corrected chi connectivity index (χ1v) is 12.1. The van der Waals surface area contributed by atoms with Gasteiger partial charge in [-0.2, -0.15) is 4.31 Å². The number of sulfonamides is 1. The predicted molar refractivity (Wildman–Crippen MR) is 111 cm³/mol. The number of rotatable bonds is 6. The van der Waals surface area contributed by atoms with Crippen LogP contribution in [-0.2, 0) is 14.8 Å². The maximum atomic E-state index is 12.8. The van der Waals surface area contributed by atoms with Gasteiger partial charge in [0.05, 0.1) is 5.57 Å². The zero-order chi connectivity index (χ0) is 19.4. The van der Waals surface area contributed by atoms with E-state index in [0.717, 1.165) is 41.1 Å². The van der Waals surface area contributed by atoms with Crippen LogP contribution in [0.1, 0.15) is 29.7 Å². The van der Waals surface area contributed by atoms with Gasteiger partial charge >= 0.3 is 5.97 Å². The topological polar surface area (TPSA) is 74.7 Å². The van der Waals surface area contributed by atoms with Crippen molar-refractivity contribution in [1.29, 1.82) is 0 Å². The van der Waals surface area contributed by atoms with Crippen LogP contribution in [0.4, 0.5) is 0 Å². The molecule has 0 atom stereocenters. The van der Waals surface area contributed by atoms with Crippen molar-refractivity contribution in [3.8, 4) is 0 Å². The van der Waals surface area contributed by atoms with Gasteiger partial charge in [0.25, 0.3) is 10.0 Å². The van der Waals surface area contributed by atoms with E-state index in [4.69, 9.17) is 0 Å². The van der Waals surface area contributed by atoms with Crippen LogP contribution in [0, 0.1) is 0 Å². The average Bonchev–Trinajstić information content (AvgIpc) is 3.17. The van der Waals surface area contributed by atoms with Gasteiger partial charge in [0.2, 0.25) is 0 Å². The molecule has 1 saturated heterocycles. The number of hydrogen-bond donors (Lipinski definition) is 1. The van der Waals surface area contributed by atoms with E-state index in [1.165, 1.54) is 10.4 Å². The van der Waals surface area contributed by atoms with Gasteiger partial charge in [0.15, 0.2) is 0 Å². The van der Waals surface area contributed by atoms with Gasteiger partial charge in [-0.3, -0.25) is 0 Å². The number of carbonyl (C=O) groups is 1. The maximum absolute atomic E-state index is 12.8. The highest BCUT2D eigenvalue weighted by atomic mass is 32.2. The molecule has 1 aromatic heterocycles. The molecular weight excluding hydrogens is 402 g/mol. The molecule has 1 aliphatic heterocycles. The Kier molecular flexibility index (Phi) is 6.41. The van der Waals surface area contributed by atoms with Gasteiger partial charge in [0, 0.05) is 22.9 Å². The van der Waals surface area contributed by atoms with Crippen LogP contribution >= 0.6 is 23.1 Å². The van der Waals surface area contributed by atoms with Crippen LogP contribution in [0.3, 0.4) is 0 Å². The Labute approximate surface area is 167 Å². The number of nitrogens with zero attached hydrogens (tertiary/aromatic N) is 1. The molecule has 1 aliphatic rings. The highest BCUT2D eigenvalue weighted by Crippen LogP contribution is 2.32. The molecule has 0 unspecified atom stereocenters. The molecule has 1 fully saturated rings. The summed E-state index contributed by atoms with van der Waals surface area (Å²) in [7, 11) is -3.55. The third-order valence-corrected chi connectivity index (χ3v) is 8.64. The number of benzene rings is 1. The van der Waals surface area contributed by atoms with E-state index < -0.39 is 16.0 Å². The SMILES string of the molecule is CSc1ccc(/C=C(/C(=O)O)c2ccc(S(=O)(=O)N3CCCCC3)s2)cc1. The summed E-state index contributed by atoms with van der Waals surface area (Å²) in [6.07, 6.45) is 6.33. The van der Waals surface area contributed by atoms with Gasteiger partial charge in [-0.1, -0.05) is 18.6 Å². The standard InChI is InChI=1S/C19H21NO4S3/c1-25-15-7-5-14(6-8-15)13-16(19(21)22)17-9-10-18(26-17)27(23,24)20-11-3-2-4-12-20/h5-10,13H,2-4,11-12H2,1H3,(H,21,22)/b16-13+. The molecule has 2 aromatic rings. The zero-order valence-electron chi connectivity index (χ0n) is 14.9. The Morgan fingerprint density at radius 1 is 1.11 bits per heavy atom. The number of hydrogen-bond acceptors (Lipinski definition) is 5. The summed E-state index contributed by atoms with van der Waals surface area (Å²) in [6, 6.07) is 10.7. The average molecular weight is 424 g/mol. The lowest BCUT2D eigenvalue weighted by molar-refractivity contribution is -0.130.